The minimum atomic E-state index is -4.69. The average molecular weight is 893 g/mol. The molecule has 0 fully saturated rings. The van der Waals surface area contributed by atoms with Crippen molar-refractivity contribution in [1.82, 2.24) is 39.0 Å². The molecule has 4 aromatic heterocycles. The van der Waals surface area contributed by atoms with Crippen LogP contribution in [0.2, 0.25) is 0 Å². The number of nitriles is 2. The second-order valence-electron chi connectivity index (χ2n) is 16.6. The summed E-state index contributed by atoms with van der Waals surface area (Å²) in [6.07, 6.45) is -4.69. The molecular weight excluding hydrogens is 858 g/mol. The Bertz CT molecular complexity index is 3960. The highest BCUT2D eigenvalue weighted by Crippen LogP contribution is 2.47. The van der Waals surface area contributed by atoms with Gasteiger partial charge < -0.3 is 9.13 Å². The summed E-state index contributed by atoms with van der Waals surface area (Å²) in [5, 5.41) is 25.4. The molecule has 326 valence electrons. The third kappa shape index (κ3) is 6.79. The number of alkyl halides is 3. The molecule has 0 saturated carbocycles. The van der Waals surface area contributed by atoms with E-state index in [2.05, 4.69) is 63.3 Å². The van der Waals surface area contributed by atoms with E-state index in [9.17, 15) is 23.7 Å². The summed E-state index contributed by atoms with van der Waals surface area (Å²) in [7, 11) is 0. The van der Waals surface area contributed by atoms with Crippen molar-refractivity contribution in [3.63, 3.8) is 0 Å². The maximum atomic E-state index is 14.3. The van der Waals surface area contributed by atoms with Crippen LogP contribution in [0.1, 0.15) is 40.0 Å². The molecule has 11 aromatic rings. The lowest BCUT2D eigenvalue weighted by atomic mass is 9.87. The van der Waals surface area contributed by atoms with Gasteiger partial charge in [-0.2, -0.15) is 23.7 Å². The van der Waals surface area contributed by atoms with Crippen molar-refractivity contribution in [3.05, 3.63) is 180 Å². The molecule has 0 N–H and O–H groups in total. The fraction of sp³-hybridized carbons (Fsp3) is 0.0909. The minimum absolute atomic E-state index is 0.169. The quantitative estimate of drug-likeness (QED) is 0.161. The van der Waals surface area contributed by atoms with Crippen molar-refractivity contribution >= 4 is 43.6 Å². The summed E-state index contributed by atoms with van der Waals surface area (Å²) in [6, 6.07) is 46.9. The number of hydrogen-bond donors (Lipinski definition) is 0. The fourth-order valence-corrected chi connectivity index (χ4v) is 9.58. The van der Waals surface area contributed by atoms with Gasteiger partial charge in [-0.1, -0.05) is 60.7 Å². The Balaban J connectivity index is 1.26. The van der Waals surface area contributed by atoms with E-state index in [1.807, 2.05) is 125 Å². The zero-order valence-electron chi connectivity index (χ0n) is 36.9. The summed E-state index contributed by atoms with van der Waals surface area (Å²) < 4.78 is 47.0. The van der Waals surface area contributed by atoms with E-state index in [-0.39, 0.29) is 11.1 Å². The van der Waals surface area contributed by atoms with Gasteiger partial charge in [-0.3, -0.25) is 0 Å². The molecule has 0 radical (unpaired) electrons. The average Bonchev–Trinajstić information content (AvgIpc) is 3.84. The first-order chi connectivity index (χ1) is 32.9. The number of fused-ring (bicyclic) bond motifs is 6. The van der Waals surface area contributed by atoms with E-state index in [0.717, 1.165) is 66.9 Å². The molecular formula is C55H35F3N10. The number of benzene rings is 7. The Labute approximate surface area is 386 Å². The standard InChI is InChI=1S/C55H35F3N10/c1-30-61-31(2)64-53(63-30)34-19-23-47-43(26-34)40-12-5-7-15-45(40)67(47)49-17-9-11-36(28-59)51(49)52-42(39-22-21-38(55(56,57)58)25-37(39)29-60)14-10-18-50(52)68-46-16-8-6-13-41(46)44-27-35(20-24-48(44)68)54-65-32(3)62-33(4)66-54/h5-27H,1-4H3. The Kier molecular flexibility index (Phi) is 9.69. The Morgan fingerprint density at radius 2 is 0.897 bits per heavy atom. The van der Waals surface area contributed by atoms with Gasteiger partial charge in [-0.15, -0.1) is 0 Å². The summed E-state index contributed by atoms with van der Waals surface area (Å²) >= 11 is 0. The first-order valence-electron chi connectivity index (χ1n) is 21.6. The largest absolute Gasteiger partial charge is 0.416 e. The third-order valence-corrected chi connectivity index (χ3v) is 12.3. The molecule has 4 heterocycles. The Morgan fingerprint density at radius 1 is 0.426 bits per heavy atom. The molecule has 10 nitrogen and oxygen atoms in total. The van der Waals surface area contributed by atoms with Gasteiger partial charge in [-0.05, 0) is 112 Å². The third-order valence-electron chi connectivity index (χ3n) is 12.3. The summed E-state index contributed by atoms with van der Waals surface area (Å²) in [4.78, 5) is 27.3. The molecule has 13 heteroatoms. The van der Waals surface area contributed by atoms with Crippen LogP contribution >= 0.6 is 0 Å². The van der Waals surface area contributed by atoms with Gasteiger partial charge in [0, 0.05) is 49.4 Å². The lowest BCUT2D eigenvalue weighted by Gasteiger charge is -2.23. The molecule has 0 unspecified atom stereocenters. The number of nitrogens with zero attached hydrogens (tertiary/aromatic N) is 10. The lowest BCUT2D eigenvalue weighted by molar-refractivity contribution is -0.137. The van der Waals surface area contributed by atoms with E-state index in [0.29, 0.717) is 68.6 Å². The van der Waals surface area contributed by atoms with Gasteiger partial charge in [-0.25, -0.2) is 29.9 Å². The van der Waals surface area contributed by atoms with Crippen molar-refractivity contribution < 1.29 is 13.2 Å². The summed E-state index contributed by atoms with van der Waals surface area (Å²) in [6.45, 7) is 7.32. The van der Waals surface area contributed by atoms with Crippen molar-refractivity contribution in [2.45, 2.75) is 33.9 Å². The zero-order chi connectivity index (χ0) is 47.0. The molecule has 0 amide bonds. The number of hydrogen-bond acceptors (Lipinski definition) is 8. The number of para-hydroxylation sites is 2. The predicted molar refractivity (Wildman–Crippen MR) is 257 cm³/mol. The van der Waals surface area contributed by atoms with Gasteiger partial charge in [0.1, 0.15) is 23.3 Å². The highest BCUT2D eigenvalue weighted by atomic mass is 19.4. The van der Waals surface area contributed by atoms with Crippen LogP contribution in [0.25, 0.3) is 100 Å². The van der Waals surface area contributed by atoms with Crippen LogP contribution in [0.5, 0.6) is 0 Å². The predicted octanol–water partition coefficient (Wildman–Crippen LogP) is 12.9. The molecule has 68 heavy (non-hydrogen) atoms. The second kappa shape index (κ2) is 15.8. The van der Waals surface area contributed by atoms with E-state index in [4.69, 9.17) is 0 Å². The fourth-order valence-electron chi connectivity index (χ4n) is 9.58. The smallest absolute Gasteiger partial charge is 0.309 e. The number of aromatic nitrogens is 8. The first-order valence-corrected chi connectivity index (χ1v) is 21.6. The number of halogens is 3. The number of rotatable bonds is 6. The first kappa shape index (κ1) is 41.6. The Morgan fingerprint density at radius 3 is 1.40 bits per heavy atom. The maximum Gasteiger partial charge on any atom is 0.416 e. The SMILES string of the molecule is Cc1nc(C)nc(-c2ccc3c(c2)c2ccccc2n3-c2cccc(C#N)c2-c2c(-c3ccc(C(F)(F)F)cc3C#N)cccc2-n2c3ccccc3c3cc(-c4nc(C)nc(C)n4)ccc32)n1. The number of aryl methyl sites for hydroxylation is 4. The van der Waals surface area contributed by atoms with Gasteiger partial charge in [0.25, 0.3) is 0 Å². The molecule has 0 aliphatic carbocycles. The van der Waals surface area contributed by atoms with Crippen LogP contribution in [0.4, 0.5) is 13.2 Å². The normalized spacial score (nSPS) is 11.7. The molecule has 11 rings (SSSR count). The van der Waals surface area contributed by atoms with Crippen molar-refractivity contribution in [2.24, 2.45) is 0 Å². The van der Waals surface area contributed by atoms with E-state index >= 15 is 0 Å². The Hall–Kier alpha value is -9.07. The molecule has 0 aliphatic heterocycles. The van der Waals surface area contributed by atoms with Crippen LogP contribution in [-0.2, 0) is 6.18 Å². The molecule has 0 spiro atoms. The minimum Gasteiger partial charge on any atom is -0.309 e. The maximum absolute atomic E-state index is 14.3. The van der Waals surface area contributed by atoms with E-state index in [1.54, 1.807) is 12.1 Å². The molecule has 0 atom stereocenters. The lowest BCUT2D eigenvalue weighted by Crippen LogP contribution is -2.07. The van der Waals surface area contributed by atoms with Gasteiger partial charge in [0.2, 0.25) is 0 Å². The van der Waals surface area contributed by atoms with Gasteiger partial charge >= 0.3 is 6.18 Å². The van der Waals surface area contributed by atoms with Crippen LogP contribution < -0.4 is 0 Å². The van der Waals surface area contributed by atoms with E-state index in [1.165, 1.54) is 6.07 Å². The van der Waals surface area contributed by atoms with Crippen LogP contribution in [0.3, 0.4) is 0 Å². The zero-order valence-corrected chi connectivity index (χ0v) is 36.9. The van der Waals surface area contributed by atoms with Crippen molar-refractivity contribution in [2.75, 3.05) is 0 Å². The van der Waals surface area contributed by atoms with Crippen LogP contribution in [-0.4, -0.2) is 39.0 Å². The molecule has 0 bridgehead atoms. The van der Waals surface area contributed by atoms with Crippen LogP contribution in [0, 0.1) is 50.4 Å². The highest BCUT2D eigenvalue weighted by Gasteiger charge is 2.32. The monoisotopic (exact) mass is 892 g/mol. The van der Waals surface area contributed by atoms with Crippen LogP contribution in [0.15, 0.2) is 140 Å². The van der Waals surface area contributed by atoms with E-state index < -0.39 is 11.7 Å². The highest BCUT2D eigenvalue weighted by molar-refractivity contribution is 6.13. The summed E-state index contributed by atoms with van der Waals surface area (Å²) in [5.74, 6) is 3.48. The second-order valence-corrected chi connectivity index (χ2v) is 16.6. The molecule has 0 aliphatic rings. The van der Waals surface area contributed by atoms with Gasteiger partial charge in [0.05, 0.1) is 62.3 Å². The molecule has 7 aromatic carbocycles. The topological polar surface area (TPSA) is 135 Å². The van der Waals surface area contributed by atoms with Crippen molar-refractivity contribution in [1.29, 1.82) is 10.5 Å². The molecule has 0 saturated heterocycles. The van der Waals surface area contributed by atoms with Crippen molar-refractivity contribution in [3.8, 4) is 68.5 Å². The van der Waals surface area contributed by atoms with Gasteiger partial charge in [0.15, 0.2) is 11.6 Å². The summed E-state index contributed by atoms with van der Waals surface area (Å²) in [5.41, 5.74) is 7.15.